The Labute approximate surface area is 142 Å². The zero-order valence-corrected chi connectivity index (χ0v) is 14.0. The van der Waals surface area contributed by atoms with Gasteiger partial charge in [-0.3, -0.25) is 9.69 Å². The summed E-state index contributed by atoms with van der Waals surface area (Å²) < 4.78 is 2.06. The lowest BCUT2D eigenvalue weighted by atomic mass is 9.93. The summed E-state index contributed by atoms with van der Waals surface area (Å²) in [5, 5.41) is 0. The molecule has 2 aromatic heterocycles. The molecule has 3 heterocycles. The number of piperazine rings is 1. The summed E-state index contributed by atoms with van der Waals surface area (Å²) in [6.45, 7) is 4.40. The van der Waals surface area contributed by atoms with Gasteiger partial charge in [0.25, 0.3) is 0 Å². The Morgan fingerprint density at radius 3 is 2.79 bits per heavy atom. The molecule has 2 aromatic rings. The molecule has 0 aromatic carbocycles. The van der Waals surface area contributed by atoms with Crippen LogP contribution in [-0.4, -0.2) is 51.3 Å². The summed E-state index contributed by atoms with van der Waals surface area (Å²) in [7, 11) is 0. The van der Waals surface area contributed by atoms with Gasteiger partial charge in [0.15, 0.2) is 0 Å². The number of nitrogens with zero attached hydrogens (tertiary/aromatic N) is 4. The van der Waals surface area contributed by atoms with Gasteiger partial charge in [-0.25, -0.2) is 4.98 Å². The number of allylic oxidation sites excluding steroid dienone is 2. The van der Waals surface area contributed by atoms with E-state index in [4.69, 9.17) is 0 Å². The largest absolute Gasteiger partial charge is 0.340 e. The molecular weight excluding hydrogens is 300 g/mol. The minimum atomic E-state index is 0.208. The van der Waals surface area contributed by atoms with Gasteiger partial charge in [-0.2, -0.15) is 0 Å². The van der Waals surface area contributed by atoms with Crippen LogP contribution in [0.15, 0.2) is 42.7 Å². The van der Waals surface area contributed by atoms with Gasteiger partial charge in [0.2, 0.25) is 5.91 Å². The molecule has 0 saturated carbocycles. The first-order chi connectivity index (χ1) is 11.8. The van der Waals surface area contributed by atoms with Gasteiger partial charge in [0.05, 0.1) is 5.69 Å². The highest BCUT2D eigenvalue weighted by molar-refractivity contribution is 5.79. The van der Waals surface area contributed by atoms with E-state index in [-0.39, 0.29) is 5.92 Å². The number of pyridine rings is 1. The minimum absolute atomic E-state index is 0.208. The molecule has 24 heavy (non-hydrogen) atoms. The highest BCUT2D eigenvalue weighted by Crippen LogP contribution is 2.21. The van der Waals surface area contributed by atoms with E-state index in [0.717, 1.165) is 63.3 Å². The third-order valence-corrected chi connectivity index (χ3v) is 5.10. The lowest BCUT2D eigenvalue weighted by molar-refractivity contribution is -0.137. The van der Waals surface area contributed by atoms with Gasteiger partial charge in [-0.15, -0.1) is 0 Å². The topological polar surface area (TPSA) is 40.9 Å². The SMILES string of the molecule is O=C([C@H]1CC=CCC1)N1CCN(Cc2cn3ccccc3n2)CC1. The normalized spacial score (nSPS) is 22.2. The molecule has 5 heteroatoms. The number of hydrogen-bond acceptors (Lipinski definition) is 3. The van der Waals surface area contributed by atoms with Crippen LogP contribution in [0.25, 0.3) is 5.65 Å². The molecule has 0 N–H and O–H groups in total. The molecule has 4 rings (SSSR count). The molecule has 1 aliphatic heterocycles. The predicted octanol–water partition coefficient (Wildman–Crippen LogP) is 2.33. The molecule has 126 valence electrons. The fourth-order valence-electron chi connectivity index (χ4n) is 3.69. The summed E-state index contributed by atoms with van der Waals surface area (Å²) in [6.07, 6.45) is 11.5. The first kappa shape index (κ1) is 15.4. The van der Waals surface area contributed by atoms with Crippen LogP contribution in [0.4, 0.5) is 0 Å². The van der Waals surface area contributed by atoms with Crippen molar-refractivity contribution in [2.75, 3.05) is 26.2 Å². The molecule has 1 atom stereocenters. The van der Waals surface area contributed by atoms with Crippen molar-refractivity contribution >= 4 is 11.6 Å². The van der Waals surface area contributed by atoms with Crippen LogP contribution in [0.1, 0.15) is 25.0 Å². The average molecular weight is 324 g/mol. The van der Waals surface area contributed by atoms with Crippen LogP contribution < -0.4 is 0 Å². The highest BCUT2D eigenvalue weighted by Gasteiger charge is 2.27. The van der Waals surface area contributed by atoms with Gasteiger partial charge in [-0.1, -0.05) is 18.2 Å². The molecule has 0 unspecified atom stereocenters. The number of hydrogen-bond donors (Lipinski definition) is 0. The fourth-order valence-corrected chi connectivity index (χ4v) is 3.69. The van der Waals surface area contributed by atoms with Gasteiger partial charge < -0.3 is 9.30 Å². The maximum atomic E-state index is 12.6. The van der Waals surface area contributed by atoms with Gasteiger partial charge >= 0.3 is 0 Å². The van der Waals surface area contributed by atoms with Crippen LogP contribution in [0.5, 0.6) is 0 Å². The molecule has 0 spiro atoms. The average Bonchev–Trinajstić information content (AvgIpc) is 3.05. The van der Waals surface area contributed by atoms with Crippen LogP contribution in [0.2, 0.25) is 0 Å². The molecule has 0 bridgehead atoms. The summed E-state index contributed by atoms with van der Waals surface area (Å²) in [4.78, 5) is 21.7. The Balaban J connectivity index is 1.32. The van der Waals surface area contributed by atoms with Crippen molar-refractivity contribution in [1.82, 2.24) is 19.2 Å². The fraction of sp³-hybridized carbons (Fsp3) is 0.474. The second-order valence-electron chi connectivity index (χ2n) is 6.78. The maximum absolute atomic E-state index is 12.6. The van der Waals surface area contributed by atoms with Crippen LogP contribution in [-0.2, 0) is 11.3 Å². The van der Waals surface area contributed by atoms with Crippen molar-refractivity contribution in [2.45, 2.75) is 25.8 Å². The van der Waals surface area contributed by atoms with Crippen molar-refractivity contribution < 1.29 is 4.79 Å². The zero-order valence-electron chi connectivity index (χ0n) is 14.0. The Kier molecular flexibility index (Phi) is 4.34. The summed E-state index contributed by atoms with van der Waals surface area (Å²) in [5.41, 5.74) is 2.09. The van der Waals surface area contributed by atoms with Crippen LogP contribution >= 0.6 is 0 Å². The maximum Gasteiger partial charge on any atom is 0.226 e. The smallest absolute Gasteiger partial charge is 0.226 e. The quantitative estimate of drug-likeness (QED) is 0.814. The molecule has 1 fully saturated rings. The molecular formula is C19H24N4O. The van der Waals surface area contributed by atoms with Gasteiger partial charge in [-0.05, 0) is 31.4 Å². The Morgan fingerprint density at radius 2 is 2.04 bits per heavy atom. The molecule has 0 radical (unpaired) electrons. The second-order valence-corrected chi connectivity index (χ2v) is 6.78. The highest BCUT2D eigenvalue weighted by atomic mass is 16.2. The third-order valence-electron chi connectivity index (χ3n) is 5.10. The monoisotopic (exact) mass is 324 g/mol. The third kappa shape index (κ3) is 3.22. The molecule has 1 amide bonds. The van der Waals surface area contributed by atoms with E-state index in [1.807, 2.05) is 24.4 Å². The van der Waals surface area contributed by atoms with Crippen molar-refractivity contribution in [3.63, 3.8) is 0 Å². The van der Waals surface area contributed by atoms with Crippen molar-refractivity contribution in [3.8, 4) is 0 Å². The summed E-state index contributed by atoms with van der Waals surface area (Å²) in [6, 6.07) is 6.05. The van der Waals surface area contributed by atoms with E-state index in [0.29, 0.717) is 5.91 Å². The molecule has 1 saturated heterocycles. The number of aromatic nitrogens is 2. The lowest BCUT2D eigenvalue weighted by Crippen LogP contribution is -2.50. The number of imidazole rings is 1. The molecule has 5 nitrogen and oxygen atoms in total. The predicted molar refractivity (Wildman–Crippen MR) is 93.5 cm³/mol. The number of carbonyl (C=O) groups excluding carboxylic acids is 1. The van der Waals surface area contributed by atoms with E-state index in [1.165, 1.54) is 0 Å². The van der Waals surface area contributed by atoms with E-state index in [2.05, 4.69) is 37.5 Å². The van der Waals surface area contributed by atoms with E-state index in [9.17, 15) is 4.79 Å². The summed E-state index contributed by atoms with van der Waals surface area (Å²) in [5.74, 6) is 0.562. The minimum Gasteiger partial charge on any atom is -0.340 e. The molecule has 2 aliphatic rings. The first-order valence-corrected chi connectivity index (χ1v) is 8.88. The van der Waals surface area contributed by atoms with Gasteiger partial charge in [0.1, 0.15) is 5.65 Å². The van der Waals surface area contributed by atoms with Crippen molar-refractivity contribution in [3.05, 3.63) is 48.4 Å². The van der Waals surface area contributed by atoms with Crippen molar-refractivity contribution in [1.29, 1.82) is 0 Å². The van der Waals surface area contributed by atoms with Gasteiger partial charge in [0, 0.05) is 51.0 Å². The number of fused-ring (bicyclic) bond motifs is 1. The number of rotatable bonds is 3. The number of amides is 1. The number of carbonyl (C=O) groups is 1. The van der Waals surface area contributed by atoms with E-state index in [1.54, 1.807) is 0 Å². The first-order valence-electron chi connectivity index (χ1n) is 8.88. The zero-order chi connectivity index (χ0) is 16.4. The van der Waals surface area contributed by atoms with Crippen LogP contribution in [0, 0.1) is 5.92 Å². The Hall–Kier alpha value is -2.14. The van der Waals surface area contributed by atoms with E-state index < -0.39 is 0 Å². The standard InChI is InChI=1S/C19H24N4O/c24-19(16-6-2-1-3-7-16)22-12-10-21(11-13-22)14-17-15-23-9-5-4-8-18(23)20-17/h1-2,4-5,8-9,15-16H,3,6-7,10-14H2/t16-/m0/s1. The second kappa shape index (κ2) is 6.77. The summed E-state index contributed by atoms with van der Waals surface area (Å²) >= 11 is 0. The lowest BCUT2D eigenvalue weighted by Gasteiger charge is -2.36. The van der Waals surface area contributed by atoms with Crippen LogP contribution in [0.3, 0.4) is 0 Å². The van der Waals surface area contributed by atoms with E-state index >= 15 is 0 Å². The molecule has 1 aliphatic carbocycles. The Bertz CT molecular complexity index is 710. The van der Waals surface area contributed by atoms with Crippen molar-refractivity contribution in [2.24, 2.45) is 5.92 Å². The Morgan fingerprint density at radius 1 is 1.17 bits per heavy atom.